The van der Waals surface area contributed by atoms with Gasteiger partial charge in [-0.15, -0.1) is 0 Å². The predicted octanol–water partition coefficient (Wildman–Crippen LogP) is 2.65. The van der Waals surface area contributed by atoms with Gasteiger partial charge >= 0.3 is 0 Å². The van der Waals surface area contributed by atoms with Crippen molar-refractivity contribution in [3.8, 4) is 0 Å². The zero-order valence-corrected chi connectivity index (χ0v) is 9.71. The van der Waals surface area contributed by atoms with Gasteiger partial charge in [0.05, 0.1) is 5.60 Å². The van der Waals surface area contributed by atoms with Gasteiger partial charge in [-0.05, 0) is 31.4 Å². The first-order valence-corrected chi connectivity index (χ1v) is 5.61. The molecule has 0 spiro atoms. The van der Waals surface area contributed by atoms with E-state index < -0.39 is 0 Å². The molecule has 0 aliphatic carbocycles. The molecule has 1 aromatic carbocycles. The summed E-state index contributed by atoms with van der Waals surface area (Å²) in [5.74, 6) is 0. The summed E-state index contributed by atoms with van der Waals surface area (Å²) in [5, 5.41) is 3.38. The van der Waals surface area contributed by atoms with Gasteiger partial charge in [-0.2, -0.15) is 0 Å². The summed E-state index contributed by atoms with van der Waals surface area (Å²) in [5.41, 5.74) is 2.54. The Morgan fingerprint density at radius 3 is 2.47 bits per heavy atom. The minimum Gasteiger partial charge on any atom is -0.352 e. The molecule has 1 fully saturated rings. The van der Waals surface area contributed by atoms with Crippen molar-refractivity contribution in [2.45, 2.75) is 39.0 Å². The molecule has 1 atom stereocenters. The van der Waals surface area contributed by atoms with E-state index in [-0.39, 0.29) is 11.8 Å². The highest BCUT2D eigenvalue weighted by Crippen LogP contribution is 2.27. The van der Waals surface area contributed by atoms with E-state index >= 15 is 0 Å². The number of ether oxygens (including phenoxy) is 1. The third-order valence-electron chi connectivity index (χ3n) is 2.84. The summed E-state index contributed by atoms with van der Waals surface area (Å²) >= 11 is 0. The third kappa shape index (κ3) is 2.39. The van der Waals surface area contributed by atoms with E-state index in [9.17, 15) is 0 Å². The summed E-state index contributed by atoms with van der Waals surface area (Å²) in [6.07, 6.45) is 1.15. The molecule has 1 N–H and O–H groups in total. The topological polar surface area (TPSA) is 21.3 Å². The van der Waals surface area contributed by atoms with Gasteiger partial charge in [0.25, 0.3) is 0 Å². The second-order valence-corrected chi connectivity index (χ2v) is 4.73. The normalized spacial score (nSPS) is 24.3. The van der Waals surface area contributed by atoms with Gasteiger partial charge in [0.15, 0.2) is 0 Å². The zero-order valence-electron chi connectivity index (χ0n) is 9.71. The van der Waals surface area contributed by atoms with Gasteiger partial charge in [0.1, 0.15) is 6.23 Å². The molecular weight excluding hydrogens is 186 g/mol. The van der Waals surface area contributed by atoms with E-state index in [2.05, 4.69) is 50.4 Å². The maximum absolute atomic E-state index is 5.90. The SMILES string of the molecule is CCc1ccc(C2NCC(C)(C)O2)cc1. The lowest BCUT2D eigenvalue weighted by atomic mass is 10.1. The van der Waals surface area contributed by atoms with Crippen LogP contribution in [0.5, 0.6) is 0 Å². The zero-order chi connectivity index (χ0) is 10.9. The lowest BCUT2D eigenvalue weighted by molar-refractivity contribution is -0.0156. The highest BCUT2D eigenvalue weighted by Gasteiger charge is 2.31. The molecule has 0 radical (unpaired) electrons. The van der Waals surface area contributed by atoms with E-state index in [1.165, 1.54) is 11.1 Å². The van der Waals surface area contributed by atoms with E-state index in [1.54, 1.807) is 0 Å². The number of hydrogen-bond acceptors (Lipinski definition) is 2. The van der Waals surface area contributed by atoms with Crippen LogP contribution < -0.4 is 5.32 Å². The Bertz CT molecular complexity index is 329. The first-order valence-electron chi connectivity index (χ1n) is 5.61. The minimum atomic E-state index is -0.0475. The molecule has 0 aromatic heterocycles. The summed E-state index contributed by atoms with van der Waals surface area (Å²) in [4.78, 5) is 0. The third-order valence-corrected chi connectivity index (χ3v) is 2.84. The van der Waals surface area contributed by atoms with Crippen LogP contribution in [-0.4, -0.2) is 12.1 Å². The Kier molecular flexibility index (Phi) is 2.81. The highest BCUT2D eigenvalue weighted by atomic mass is 16.5. The van der Waals surface area contributed by atoms with Gasteiger partial charge in [0, 0.05) is 6.54 Å². The fourth-order valence-corrected chi connectivity index (χ4v) is 1.85. The van der Waals surface area contributed by atoms with E-state index in [4.69, 9.17) is 4.74 Å². The molecule has 1 aromatic rings. The van der Waals surface area contributed by atoms with Crippen LogP contribution in [0.4, 0.5) is 0 Å². The fraction of sp³-hybridized carbons (Fsp3) is 0.538. The van der Waals surface area contributed by atoms with Crippen LogP contribution in [0.15, 0.2) is 24.3 Å². The number of rotatable bonds is 2. The van der Waals surface area contributed by atoms with Crippen molar-refractivity contribution in [2.24, 2.45) is 0 Å². The van der Waals surface area contributed by atoms with Crippen LogP contribution >= 0.6 is 0 Å². The molecule has 2 heteroatoms. The molecule has 1 heterocycles. The van der Waals surface area contributed by atoms with Crippen LogP contribution in [0.3, 0.4) is 0 Å². The van der Waals surface area contributed by atoms with Crippen molar-refractivity contribution in [1.82, 2.24) is 5.32 Å². The molecule has 0 saturated carbocycles. The maximum atomic E-state index is 5.90. The molecule has 1 aliphatic rings. The summed E-state index contributed by atoms with van der Waals surface area (Å²) in [6, 6.07) is 8.65. The standard InChI is InChI=1S/C13H19NO/c1-4-10-5-7-11(8-6-10)12-14-9-13(2,3)15-12/h5-8,12,14H,4,9H2,1-3H3. The molecule has 0 amide bonds. The first kappa shape index (κ1) is 10.7. The average molecular weight is 205 g/mol. The first-order chi connectivity index (χ1) is 7.11. The van der Waals surface area contributed by atoms with Gasteiger partial charge < -0.3 is 4.74 Å². The average Bonchev–Trinajstić information content (AvgIpc) is 2.59. The Hall–Kier alpha value is -0.860. The van der Waals surface area contributed by atoms with Crippen molar-refractivity contribution < 1.29 is 4.74 Å². The molecule has 0 bridgehead atoms. The van der Waals surface area contributed by atoms with Gasteiger partial charge in [-0.25, -0.2) is 0 Å². The summed E-state index contributed by atoms with van der Waals surface area (Å²) < 4.78 is 5.90. The molecule has 1 saturated heterocycles. The largest absolute Gasteiger partial charge is 0.352 e. The second kappa shape index (κ2) is 3.95. The lowest BCUT2D eigenvalue weighted by Gasteiger charge is -2.17. The predicted molar refractivity (Wildman–Crippen MR) is 61.7 cm³/mol. The quantitative estimate of drug-likeness (QED) is 0.801. The highest BCUT2D eigenvalue weighted by molar-refractivity contribution is 5.24. The number of hydrogen-bond donors (Lipinski definition) is 1. The summed E-state index contributed by atoms with van der Waals surface area (Å²) in [6.45, 7) is 7.30. The van der Waals surface area contributed by atoms with Crippen LogP contribution in [0.1, 0.15) is 38.1 Å². The van der Waals surface area contributed by atoms with Gasteiger partial charge in [-0.3, -0.25) is 5.32 Å². The van der Waals surface area contributed by atoms with Gasteiger partial charge in [0.2, 0.25) is 0 Å². The van der Waals surface area contributed by atoms with Crippen molar-refractivity contribution >= 4 is 0 Å². The maximum Gasteiger partial charge on any atom is 0.135 e. The smallest absolute Gasteiger partial charge is 0.135 e. The minimum absolute atomic E-state index is 0.0475. The second-order valence-electron chi connectivity index (χ2n) is 4.73. The van der Waals surface area contributed by atoms with E-state index in [1.807, 2.05) is 0 Å². The van der Waals surface area contributed by atoms with Crippen molar-refractivity contribution in [2.75, 3.05) is 6.54 Å². The van der Waals surface area contributed by atoms with Crippen LogP contribution in [-0.2, 0) is 11.2 Å². The molecule has 2 rings (SSSR count). The van der Waals surface area contributed by atoms with Crippen LogP contribution in [0.2, 0.25) is 0 Å². The Balaban J connectivity index is 2.11. The van der Waals surface area contributed by atoms with Crippen molar-refractivity contribution in [3.05, 3.63) is 35.4 Å². The molecule has 15 heavy (non-hydrogen) atoms. The monoisotopic (exact) mass is 205 g/mol. The van der Waals surface area contributed by atoms with E-state index in [0.717, 1.165) is 13.0 Å². The Morgan fingerprint density at radius 2 is 2.00 bits per heavy atom. The molecule has 82 valence electrons. The number of aryl methyl sites for hydroxylation is 1. The van der Waals surface area contributed by atoms with Crippen molar-refractivity contribution in [3.63, 3.8) is 0 Å². The Labute approximate surface area is 91.6 Å². The van der Waals surface area contributed by atoms with Gasteiger partial charge in [-0.1, -0.05) is 31.2 Å². The number of nitrogens with one attached hydrogen (secondary N) is 1. The molecule has 1 unspecified atom stereocenters. The number of benzene rings is 1. The fourth-order valence-electron chi connectivity index (χ4n) is 1.85. The summed E-state index contributed by atoms with van der Waals surface area (Å²) in [7, 11) is 0. The van der Waals surface area contributed by atoms with Crippen LogP contribution in [0.25, 0.3) is 0 Å². The molecular formula is C13H19NO. The Morgan fingerprint density at radius 1 is 1.33 bits per heavy atom. The van der Waals surface area contributed by atoms with Crippen LogP contribution in [0, 0.1) is 0 Å². The van der Waals surface area contributed by atoms with E-state index in [0.29, 0.717) is 0 Å². The molecule has 2 nitrogen and oxygen atoms in total. The molecule has 1 aliphatic heterocycles. The lowest BCUT2D eigenvalue weighted by Crippen LogP contribution is -2.23. The van der Waals surface area contributed by atoms with Crippen molar-refractivity contribution in [1.29, 1.82) is 0 Å².